The highest BCUT2D eigenvalue weighted by Gasteiger charge is 2.30. The molecule has 20 heavy (non-hydrogen) atoms. The highest BCUT2D eigenvalue weighted by molar-refractivity contribution is 5.94. The van der Waals surface area contributed by atoms with Crippen molar-refractivity contribution < 1.29 is 23.8 Å². The van der Waals surface area contributed by atoms with E-state index in [1.54, 1.807) is 20.8 Å². The third-order valence-corrected chi connectivity index (χ3v) is 2.45. The Kier molecular flexibility index (Phi) is 4.70. The maximum atomic E-state index is 12.9. The van der Waals surface area contributed by atoms with Crippen LogP contribution in [0.3, 0.4) is 0 Å². The summed E-state index contributed by atoms with van der Waals surface area (Å²) >= 11 is 0. The molecule has 0 aromatic heterocycles. The largest absolute Gasteiger partial charge is 0.465 e. The molecule has 0 saturated heterocycles. The molecular formula is C14H18FNO4. The van der Waals surface area contributed by atoms with Gasteiger partial charge in [-0.15, -0.1) is 0 Å². The SMILES string of the molecule is CC(C(=O)OC(C)(C)C)N(C(=O)O)c1ccc(F)cc1. The molecule has 1 amide bonds. The van der Waals surface area contributed by atoms with Crippen LogP contribution in [-0.2, 0) is 9.53 Å². The lowest BCUT2D eigenvalue weighted by molar-refractivity contribution is -0.156. The molecule has 1 rings (SSSR count). The van der Waals surface area contributed by atoms with Crippen molar-refractivity contribution in [2.24, 2.45) is 0 Å². The number of carbonyl (C=O) groups excluding carboxylic acids is 1. The molecule has 0 aliphatic carbocycles. The zero-order valence-electron chi connectivity index (χ0n) is 11.9. The van der Waals surface area contributed by atoms with Crippen molar-refractivity contribution in [1.82, 2.24) is 0 Å². The normalized spacial score (nSPS) is 12.7. The van der Waals surface area contributed by atoms with E-state index in [1.165, 1.54) is 19.1 Å². The topological polar surface area (TPSA) is 66.8 Å². The molecule has 0 radical (unpaired) electrons. The van der Waals surface area contributed by atoms with Crippen molar-refractivity contribution in [3.8, 4) is 0 Å². The number of ether oxygens (including phenoxy) is 1. The Morgan fingerprint density at radius 2 is 1.75 bits per heavy atom. The van der Waals surface area contributed by atoms with Crippen LogP contribution in [0.15, 0.2) is 24.3 Å². The molecule has 6 heteroatoms. The maximum Gasteiger partial charge on any atom is 0.412 e. The first-order valence-corrected chi connectivity index (χ1v) is 6.12. The molecule has 0 aliphatic rings. The molecule has 0 spiro atoms. The third-order valence-electron chi connectivity index (χ3n) is 2.45. The molecule has 1 aromatic rings. The van der Waals surface area contributed by atoms with Crippen molar-refractivity contribution in [3.63, 3.8) is 0 Å². The number of anilines is 1. The summed E-state index contributed by atoms with van der Waals surface area (Å²) in [6, 6.07) is 3.83. The second kappa shape index (κ2) is 5.90. The zero-order valence-corrected chi connectivity index (χ0v) is 11.9. The second-order valence-electron chi connectivity index (χ2n) is 5.34. The highest BCUT2D eigenvalue weighted by Crippen LogP contribution is 2.20. The molecule has 0 fully saturated rings. The van der Waals surface area contributed by atoms with Crippen LogP contribution in [0.5, 0.6) is 0 Å². The van der Waals surface area contributed by atoms with Crippen LogP contribution in [0.2, 0.25) is 0 Å². The van der Waals surface area contributed by atoms with Crippen LogP contribution in [0.1, 0.15) is 27.7 Å². The number of rotatable bonds is 3. The lowest BCUT2D eigenvalue weighted by Gasteiger charge is -2.28. The van der Waals surface area contributed by atoms with E-state index in [9.17, 15) is 19.1 Å². The van der Waals surface area contributed by atoms with Crippen LogP contribution in [0.4, 0.5) is 14.9 Å². The van der Waals surface area contributed by atoms with Crippen LogP contribution < -0.4 is 4.90 Å². The maximum absolute atomic E-state index is 12.9. The molecule has 0 bridgehead atoms. The fourth-order valence-corrected chi connectivity index (χ4v) is 1.59. The van der Waals surface area contributed by atoms with Gasteiger partial charge in [0, 0.05) is 5.69 Å². The number of nitrogens with zero attached hydrogens (tertiary/aromatic N) is 1. The molecular weight excluding hydrogens is 265 g/mol. The van der Waals surface area contributed by atoms with Crippen LogP contribution in [0, 0.1) is 5.82 Å². The number of hydrogen-bond donors (Lipinski definition) is 1. The lowest BCUT2D eigenvalue weighted by Crippen LogP contribution is -2.45. The summed E-state index contributed by atoms with van der Waals surface area (Å²) in [5.74, 6) is -1.15. The minimum Gasteiger partial charge on any atom is -0.465 e. The monoisotopic (exact) mass is 283 g/mol. The van der Waals surface area contributed by atoms with Crippen molar-refractivity contribution >= 4 is 17.7 Å². The summed E-state index contributed by atoms with van der Waals surface area (Å²) in [4.78, 5) is 24.1. The van der Waals surface area contributed by atoms with Crippen molar-refractivity contribution in [2.45, 2.75) is 39.3 Å². The minimum atomic E-state index is -1.31. The Balaban J connectivity index is 2.99. The fourth-order valence-electron chi connectivity index (χ4n) is 1.59. The van der Waals surface area contributed by atoms with Gasteiger partial charge < -0.3 is 9.84 Å². The molecule has 0 aliphatic heterocycles. The molecule has 1 N–H and O–H groups in total. The summed E-state index contributed by atoms with van der Waals surface area (Å²) in [6.45, 7) is 6.51. The van der Waals surface area contributed by atoms with E-state index in [-0.39, 0.29) is 5.69 Å². The van der Waals surface area contributed by atoms with Gasteiger partial charge in [0.25, 0.3) is 0 Å². The Labute approximate surface area is 117 Å². The van der Waals surface area contributed by atoms with E-state index >= 15 is 0 Å². The van der Waals surface area contributed by atoms with Crippen molar-refractivity contribution in [2.75, 3.05) is 4.90 Å². The molecule has 1 unspecified atom stereocenters. The number of carbonyl (C=O) groups is 2. The lowest BCUT2D eigenvalue weighted by atomic mass is 10.2. The Morgan fingerprint density at radius 3 is 2.15 bits per heavy atom. The van der Waals surface area contributed by atoms with E-state index in [4.69, 9.17) is 4.74 Å². The van der Waals surface area contributed by atoms with Gasteiger partial charge in [0.2, 0.25) is 0 Å². The molecule has 1 aromatic carbocycles. The third kappa shape index (κ3) is 4.22. The van der Waals surface area contributed by atoms with Crippen molar-refractivity contribution in [1.29, 1.82) is 0 Å². The predicted molar refractivity (Wildman–Crippen MR) is 72.2 cm³/mol. The Morgan fingerprint density at radius 1 is 1.25 bits per heavy atom. The second-order valence-corrected chi connectivity index (χ2v) is 5.34. The first kappa shape index (κ1) is 15.9. The number of amides is 1. The number of benzene rings is 1. The summed E-state index contributed by atoms with van der Waals surface area (Å²) in [6.07, 6.45) is -1.31. The van der Waals surface area contributed by atoms with Crippen molar-refractivity contribution in [3.05, 3.63) is 30.1 Å². The quantitative estimate of drug-likeness (QED) is 0.866. The first-order chi connectivity index (χ1) is 9.11. The average Bonchev–Trinajstić information content (AvgIpc) is 2.29. The number of esters is 1. The van der Waals surface area contributed by atoms with Gasteiger partial charge >= 0.3 is 12.1 Å². The predicted octanol–water partition coefficient (Wildman–Crippen LogP) is 3.04. The minimum absolute atomic E-state index is 0.206. The van der Waals surface area contributed by atoms with E-state index in [0.717, 1.165) is 17.0 Å². The van der Waals surface area contributed by atoms with Gasteiger partial charge in [-0.05, 0) is 52.0 Å². The summed E-state index contributed by atoms with van der Waals surface area (Å²) in [5.41, 5.74) is -0.504. The van der Waals surface area contributed by atoms with Gasteiger partial charge in [0.15, 0.2) is 0 Å². The zero-order chi connectivity index (χ0) is 15.5. The number of hydrogen-bond acceptors (Lipinski definition) is 3. The van der Waals surface area contributed by atoms with E-state index in [2.05, 4.69) is 0 Å². The smallest absolute Gasteiger partial charge is 0.412 e. The Hall–Kier alpha value is -2.11. The van der Waals surface area contributed by atoms with E-state index < -0.39 is 29.5 Å². The van der Waals surface area contributed by atoms with Crippen LogP contribution in [-0.4, -0.2) is 28.8 Å². The van der Waals surface area contributed by atoms with Gasteiger partial charge in [-0.1, -0.05) is 0 Å². The van der Waals surface area contributed by atoms with Gasteiger partial charge in [-0.2, -0.15) is 0 Å². The van der Waals surface area contributed by atoms with Crippen LogP contribution in [0.25, 0.3) is 0 Å². The number of carboxylic acid groups (broad SMARTS) is 1. The van der Waals surface area contributed by atoms with E-state index in [1.807, 2.05) is 0 Å². The number of halogens is 1. The van der Waals surface area contributed by atoms with Gasteiger partial charge in [0.05, 0.1) is 0 Å². The van der Waals surface area contributed by atoms with Gasteiger partial charge in [-0.3, -0.25) is 4.90 Å². The molecule has 0 heterocycles. The molecule has 0 saturated carbocycles. The first-order valence-electron chi connectivity index (χ1n) is 6.12. The molecule has 1 atom stereocenters. The standard InChI is InChI=1S/C14H18FNO4/c1-9(12(17)20-14(2,3)4)16(13(18)19)11-7-5-10(15)6-8-11/h5-9H,1-4H3,(H,18,19). The molecule has 5 nitrogen and oxygen atoms in total. The van der Waals surface area contributed by atoms with Crippen LogP contribution >= 0.6 is 0 Å². The van der Waals surface area contributed by atoms with E-state index in [0.29, 0.717) is 0 Å². The van der Waals surface area contributed by atoms with Gasteiger partial charge in [-0.25, -0.2) is 14.0 Å². The van der Waals surface area contributed by atoms with Gasteiger partial charge in [0.1, 0.15) is 17.5 Å². The molecule has 110 valence electrons. The average molecular weight is 283 g/mol. The summed E-state index contributed by atoms with van der Waals surface area (Å²) < 4.78 is 18.0. The summed E-state index contributed by atoms with van der Waals surface area (Å²) in [5, 5.41) is 9.24. The fraction of sp³-hybridized carbons (Fsp3) is 0.429. The highest BCUT2D eigenvalue weighted by atomic mass is 19.1. The summed E-state index contributed by atoms with van der Waals surface area (Å²) in [7, 11) is 0. The Bertz CT molecular complexity index is 493.